The van der Waals surface area contributed by atoms with E-state index in [0.29, 0.717) is 0 Å². The maximum absolute atomic E-state index is 15.9. The molecule has 0 bridgehead atoms. The molecule has 0 saturated carbocycles. The number of hydrogen-bond donors (Lipinski definition) is 0. The molecule has 0 aliphatic heterocycles. The second-order valence-electron chi connectivity index (χ2n) is 9.85. The third-order valence-corrected chi connectivity index (χ3v) is 23.4. The summed E-state index contributed by atoms with van der Waals surface area (Å²) in [4.78, 5) is 0. The Kier molecular flexibility index (Phi) is 7.93. The summed E-state index contributed by atoms with van der Waals surface area (Å²) < 4.78 is 177. The minimum atomic E-state index is -5.11. The van der Waals surface area contributed by atoms with Crippen molar-refractivity contribution in [2.45, 2.75) is 64.1 Å². The van der Waals surface area contributed by atoms with Gasteiger partial charge < -0.3 is 0 Å². The van der Waals surface area contributed by atoms with E-state index < -0.39 is 118 Å². The number of hydrogen-bond acceptors (Lipinski definition) is 0. The summed E-state index contributed by atoms with van der Waals surface area (Å²) in [6.07, 6.45) is 0. The van der Waals surface area contributed by atoms with E-state index in [1.165, 1.54) is 41.5 Å². The third-order valence-electron chi connectivity index (χ3n) is 7.10. The van der Waals surface area contributed by atoms with E-state index in [4.69, 9.17) is 0 Å². The maximum atomic E-state index is 15.9. The molecule has 1 unspecified atom stereocenters. The molecule has 0 nitrogen and oxygen atoms in total. The Hall–Kier alpha value is -2.01. The molecule has 0 saturated heterocycles. The predicted molar refractivity (Wildman–Crippen MR) is 123 cm³/mol. The van der Waals surface area contributed by atoms with Crippen LogP contribution >= 0.6 is 7.47 Å². The van der Waals surface area contributed by atoms with Gasteiger partial charge in [-0.25, -0.2) is 43.9 Å². The summed E-state index contributed by atoms with van der Waals surface area (Å²) in [5.41, 5.74) is -6.52. The van der Waals surface area contributed by atoms with Crippen LogP contribution in [0.1, 0.15) is 52.7 Å². The monoisotopic (exact) mass is 596 g/mol. The first-order chi connectivity index (χ1) is 17.3. The molecule has 1 aliphatic rings. The lowest BCUT2D eigenvalue weighted by Crippen LogP contribution is -2.50. The average Bonchev–Trinajstić information content (AvgIpc) is 2.99. The van der Waals surface area contributed by atoms with Gasteiger partial charge >= 0.3 is 5.92 Å². The summed E-state index contributed by atoms with van der Waals surface area (Å²) >= 11 is 0. The fourth-order valence-corrected chi connectivity index (χ4v) is 21.7. The van der Waals surface area contributed by atoms with Crippen LogP contribution in [0.25, 0.3) is 5.83 Å². The quantitative estimate of drug-likeness (QED) is 0.103. The van der Waals surface area contributed by atoms with Gasteiger partial charge in [-0.3, -0.25) is 0 Å². The molecular formula is C24H21F12PSi. The Labute approximate surface area is 212 Å². The lowest BCUT2D eigenvalue weighted by Gasteiger charge is -2.49. The van der Waals surface area contributed by atoms with E-state index >= 15 is 22.0 Å². The molecule has 0 amide bonds. The normalized spacial score (nSPS) is 16.3. The molecule has 38 heavy (non-hydrogen) atoms. The van der Waals surface area contributed by atoms with Crippen molar-refractivity contribution in [1.82, 2.24) is 0 Å². The van der Waals surface area contributed by atoms with E-state index in [0.717, 1.165) is 0 Å². The first-order valence-electron chi connectivity index (χ1n) is 11.3. The van der Waals surface area contributed by atoms with Crippen molar-refractivity contribution in [1.29, 1.82) is 0 Å². The molecule has 2 aromatic rings. The number of rotatable bonds is 6. The standard InChI is InChI=1S/C24H21F12PSi/c1-7(2)38(8(3)4,9(5)6)37(22-19(32)16(29)15(28)17(30)20(22)33)21-12(25)10-11(14(27)18(21)31)24(35,36)23(34)13(10)26/h7-9H,1-6H3. The Morgan fingerprint density at radius 3 is 1.26 bits per heavy atom. The van der Waals surface area contributed by atoms with Crippen LogP contribution in [0.5, 0.6) is 0 Å². The molecule has 0 radical (unpaired) electrons. The Morgan fingerprint density at radius 2 is 0.868 bits per heavy atom. The van der Waals surface area contributed by atoms with Crippen molar-refractivity contribution in [2.24, 2.45) is 0 Å². The third kappa shape index (κ3) is 3.85. The highest BCUT2D eigenvalue weighted by molar-refractivity contribution is 8.05. The van der Waals surface area contributed by atoms with Gasteiger partial charge in [-0.1, -0.05) is 41.5 Å². The summed E-state index contributed by atoms with van der Waals surface area (Å²) in [6.45, 7) is 8.84. The van der Waals surface area contributed by atoms with Crippen LogP contribution in [-0.2, 0) is 5.92 Å². The molecule has 0 N–H and O–H groups in total. The summed E-state index contributed by atoms with van der Waals surface area (Å²) in [7, 11) is -7.33. The van der Waals surface area contributed by atoms with Crippen molar-refractivity contribution in [3.63, 3.8) is 0 Å². The van der Waals surface area contributed by atoms with Crippen LogP contribution in [0, 0.1) is 46.5 Å². The van der Waals surface area contributed by atoms with Gasteiger partial charge in [0, 0.05) is 0 Å². The van der Waals surface area contributed by atoms with Gasteiger partial charge in [0.25, 0.3) is 0 Å². The van der Waals surface area contributed by atoms with Gasteiger partial charge in [0.15, 0.2) is 40.7 Å². The van der Waals surface area contributed by atoms with Crippen LogP contribution in [-0.4, -0.2) is 7.74 Å². The first kappa shape index (κ1) is 30.5. The SMILES string of the molecule is CC(C)[Si](C(C)C)(C(C)C)P(c1c(F)c(F)c(F)c(F)c1F)c1c(F)c(F)c2c(c1F)C(F)=C(F)C2(F)F. The molecule has 1 aliphatic carbocycles. The Morgan fingerprint density at radius 1 is 0.526 bits per heavy atom. The highest BCUT2D eigenvalue weighted by atomic mass is 31.4. The van der Waals surface area contributed by atoms with Crippen molar-refractivity contribution in [3.8, 4) is 0 Å². The zero-order valence-electron chi connectivity index (χ0n) is 20.7. The first-order valence-corrected chi connectivity index (χ1v) is 15.7. The van der Waals surface area contributed by atoms with Gasteiger partial charge in [-0.15, -0.1) is 0 Å². The fourth-order valence-electron chi connectivity index (χ4n) is 5.77. The highest BCUT2D eigenvalue weighted by Gasteiger charge is 2.58. The van der Waals surface area contributed by atoms with E-state index in [9.17, 15) is 30.7 Å². The van der Waals surface area contributed by atoms with Crippen molar-refractivity contribution >= 4 is 31.6 Å². The topological polar surface area (TPSA) is 0 Å². The molecular weight excluding hydrogens is 575 g/mol. The molecule has 210 valence electrons. The molecule has 3 rings (SSSR count). The van der Waals surface area contributed by atoms with Crippen LogP contribution < -0.4 is 10.6 Å². The summed E-state index contributed by atoms with van der Waals surface area (Å²) in [5, 5.41) is -3.30. The van der Waals surface area contributed by atoms with Gasteiger partial charge in [0.1, 0.15) is 5.82 Å². The maximum Gasteiger partial charge on any atom is 0.330 e. The van der Waals surface area contributed by atoms with Gasteiger partial charge in [0.05, 0.1) is 29.5 Å². The van der Waals surface area contributed by atoms with Gasteiger partial charge in [-0.2, -0.15) is 8.78 Å². The zero-order valence-corrected chi connectivity index (χ0v) is 22.6. The Balaban J connectivity index is 2.71. The average molecular weight is 596 g/mol. The fraction of sp³-hybridized carbons (Fsp3) is 0.417. The largest absolute Gasteiger partial charge is 0.330 e. The number of benzene rings is 2. The van der Waals surface area contributed by atoms with Crippen molar-refractivity contribution in [3.05, 3.63) is 63.5 Å². The van der Waals surface area contributed by atoms with E-state index in [1.807, 2.05) is 0 Å². The summed E-state index contributed by atoms with van der Waals surface area (Å²) in [6, 6.07) is 0. The number of fused-ring (bicyclic) bond motifs is 1. The van der Waals surface area contributed by atoms with Gasteiger partial charge in [0.2, 0.25) is 11.6 Å². The minimum absolute atomic E-state index is 0.739. The van der Waals surface area contributed by atoms with Crippen LogP contribution in [0.3, 0.4) is 0 Å². The lowest BCUT2D eigenvalue weighted by molar-refractivity contribution is 0.0139. The molecule has 0 heterocycles. The lowest BCUT2D eigenvalue weighted by atomic mass is 10.1. The predicted octanol–water partition coefficient (Wildman–Crippen LogP) is 9.12. The molecule has 0 spiro atoms. The second-order valence-corrected chi connectivity index (χ2v) is 20.3. The molecule has 14 heteroatoms. The van der Waals surface area contributed by atoms with E-state index in [2.05, 4.69) is 0 Å². The number of alkyl halides is 2. The molecule has 2 aromatic carbocycles. The highest BCUT2D eigenvalue weighted by Crippen LogP contribution is 2.64. The summed E-state index contributed by atoms with van der Waals surface area (Å²) in [5.74, 6) is -30.3. The van der Waals surface area contributed by atoms with Crippen LogP contribution in [0.4, 0.5) is 52.7 Å². The number of halogens is 12. The molecule has 0 fully saturated rings. The Bertz CT molecular complexity index is 1300. The molecule has 1 atom stereocenters. The zero-order chi connectivity index (χ0) is 29.4. The van der Waals surface area contributed by atoms with Crippen molar-refractivity contribution in [2.75, 3.05) is 0 Å². The van der Waals surface area contributed by atoms with E-state index in [1.54, 1.807) is 0 Å². The smallest absolute Gasteiger partial charge is 0.205 e. The van der Waals surface area contributed by atoms with E-state index in [-0.39, 0.29) is 0 Å². The number of allylic oxidation sites excluding steroid dienone is 1. The van der Waals surface area contributed by atoms with Crippen molar-refractivity contribution < 1.29 is 52.7 Å². The van der Waals surface area contributed by atoms with Gasteiger partial charge in [-0.05, 0) is 24.1 Å². The molecule has 0 aromatic heterocycles. The van der Waals surface area contributed by atoms with Crippen LogP contribution in [0.15, 0.2) is 5.83 Å². The second kappa shape index (κ2) is 9.87. The van der Waals surface area contributed by atoms with Crippen LogP contribution in [0.2, 0.25) is 16.6 Å². The minimum Gasteiger partial charge on any atom is -0.205 e.